The number of rotatable bonds is 5. The molecule has 5 heteroatoms. The molecule has 0 aliphatic heterocycles. The summed E-state index contributed by atoms with van der Waals surface area (Å²) in [6.07, 6.45) is 0.260. The van der Waals surface area contributed by atoms with E-state index in [-0.39, 0.29) is 6.42 Å². The van der Waals surface area contributed by atoms with Gasteiger partial charge >= 0.3 is 5.97 Å². The summed E-state index contributed by atoms with van der Waals surface area (Å²) in [5.41, 5.74) is 6.24. The van der Waals surface area contributed by atoms with Crippen LogP contribution in [0.25, 0.3) is 0 Å². The van der Waals surface area contributed by atoms with Crippen LogP contribution in [0.3, 0.4) is 0 Å². The fourth-order valence-corrected chi connectivity index (χ4v) is 1.35. The van der Waals surface area contributed by atoms with Crippen LogP contribution in [0.2, 0.25) is 0 Å². The van der Waals surface area contributed by atoms with Gasteiger partial charge in [0.15, 0.2) is 11.5 Å². The second kappa shape index (κ2) is 5.37. The van der Waals surface area contributed by atoms with Crippen LogP contribution < -0.4 is 15.2 Å². The predicted octanol–water partition coefficient (Wildman–Crippen LogP) is 0.658. The third-order valence-corrected chi connectivity index (χ3v) is 2.22. The minimum Gasteiger partial charge on any atom is -0.493 e. The summed E-state index contributed by atoms with van der Waals surface area (Å²) in [6.45, 7) is 0. The summed E-state index contributed by atoms with van der Waals surface area (Å²) >= 11 is 0. The zero-order valence-corrected chi connectivity index (χ0v) is 9.27. The molecule has 0 amide bonds. The largest absolute Gasteiger partial charge is 0.493 e. The standard InChI is InChI=1S/C11H15NO4/c1-15-9-4-3-7(6-10(9)16-2)5-8(12)11(13)14/h3-4,6,8H,5,12H2,1-2H3,(H,13,14)/t8-/m0/s1. The van der Waals surface area contributed by atoms with Crippen LogP contribution in [-0.4, -0.2) is 31.3 Å². The minimum absolute atomic E-state index is 0.260. The van der Waals surface area contributed by atoms with Crippen molar-refractivity contribution in [1.82, 2.24) is 0 Å². The van der Waals surface area contributed by atoms with Crippen molar-refractivity contribution in [3.8, 4) is 11.5 Å². The number of ether oxygens (including phenoxy) is 2. The van der Waals surface area contributed by atoms with E-state index in [0.29, 0.717) is 11.5 Å². The molecule has 3 N–H and O–H groups in total. The van der Waals surface area contributed by atoms with Crippen molar-refractivity contribution in [2.45, 2.75) is 12.5 Å². The van der Waals surface area contributed by atoms with E-state index in [1.807, 2.05) is 0 Å². The van der Waals surface area contributed by atoms with Gasteiger partial charge in [0.25, 0.3) is 0 Å². The Morgan fingerprint density at radius 2 is 2.00 bits per heavy atom. The number of methoxy groups -OCH3 is 2. The van der Waals surface area contributed by atoms with Gasteiger partial charge in [-0.1, -0.05) is 6.07 Å². The molecule has 0 bridgehead atoms. The molecule has 1 rings (SSSR count). The van der Waals surface area contributed by atoms with Crippen LogP contribution in [-0.2, 0) is 11.2 Å². The molecule has 0 aliphatic carbocycles. The van der Waals surface area contributed by atoms with E-state index < -0.39 is 12.0 Å². The number of hydrogen-bond donors (Lipinski definition) is 2. The normalized spacial score (nSPS) is 11.9. The van der Waals surface area contributed by atoms with Crippen molar-refractivity contribution in [2.24, 2.45) is 5.73 Å². The van der Waals surface area contributed by atoms with Gasteiger partial charge in [0, 0.05) is 0 Å². The lowest BCUT2D eigenvalue weighted by atomic mass is 10.1. The van der Waals surface area contributed by atoms with E-state index >= 15 is 0 Å². The average molecular weight is 225 g/mol. The Morgan fingerprint density at radius 1 is 1.38 bits per heavy atom. The molecule has 0 spiro atoms. The van der Waals surface area contributed by atoms with E-state index in [4.69, 9.17) is 20.3 Å². The summed E-state index contributed by atoms with van der Waals surface area (Å²) in [5.74, 6) is 0.155. The molecule has 88 valence electrons. The number of carbonyl (C=O) groups is 1. The monoisotopic (exact) mass is 225 g/mol. The molecule has 0 radical (unpaired) electrons. The topological polar surface area (TPSA) is 81.8 Å². The van der Waals surface area contributed by atoms with E-state index in [2.05, 4.69) is 0 Å². The molecule has 1 atom stereocenters. The van der Waals surface area contributed by atoms with Crippen LogP contribution in [0.5, 0.6) is 11.5 Å². The SMILES string of the molecule is COc1ccc(C[C@H](N)C(=O)O)cc1OC. The van der Waals surface area contributed by atoms with Crippen LogP contribution in [0.4, 0.5) is 0 Å². The fourth-order valence-electron chi connectivity index (χ4n) is 1.35. The minimum atomic E-state index is -1.02. The second-order valence-corrected chi connectivity index (χ2v) is 3.34. The highest BCUT2D eigenvalue weighted by Crippen LogP contribution is 2.27. The summed E-state index contributed by atoms with van der Waals surface area (Å²) in [7, 11) is 3.07. The third-order valence-electron chi connectivity index (χ3n) is 2.22. The molecule has 1 aromatic carbocycles. The van der Waals surface area contributed by atoms with Gasteiger partial charge in [0.05, 0.1) is 14.2 Å². The summed E-state index contributed by atoms with van der Waals surface area (Å²) < 4.78 is 10.2. The highest BCUT2D eigenvalue weighted by Gasteiger charge is 2.13. The third kappa shape index (κ3) is 2.87. The Morgan fingerprint density at radius 3 is 2.50 bits per heavy atom. The Hall–Kier alpha value is -1.75. The van der Waals surface area contributed by atoms with Gasteiger partial charge in [-0.15, -0.1) is 0 Å². The van der Waals surface area contributed by atoms with Gasteiger partial charge in [-0.2, -0.15) is 0 Å². The molecule has 0 aromatic heterocycles. The van der Waals surface area contributed by atoms with Gasteiger partial charge < -0.3 is 20.3 Å². The first-order valence-electron chi connectivity index (χ1n) is 4.77. The maximum atomic E-state index is 10.6. The molecule has 0 aliphatic rings. The molecule has 5 nitrogen and oxygen atoms in total. The second-order valence-electron chi connectivity index (χ2n) is 3.34. The molecule has 16 heavy (non-hydrogen) atoms. The van der Waals surface area contributed by atoms with Gasteiger partial charge in [-0.25, -0.2) is 0 Å². The molecule has 0 saturated carbocycles. The maximum absolute atomic E-state index is 10.6. The zero-order chi connectivity index (χ0) is 12.1. The van der Waals surface area contributed by atoms with Crippen LogP contribution in [0.1, 0.15) is 5.56 Å². The highest BCUT2D eigenvalue weighted by atomic mass is 16.5. The fraction of sp³-hybridized carbons (Fsp3) is 0.364. The van der Waals surface area contributed by atoms with Gasteiger partial charge in [0.1, 0.15) is 6.04 Å². The first-order valence-corrected chi connectivity index (χ1v) is 4.77. The van der Waals surface area contributed by atoms with Crippen molar-refractivity contribution in [3.05, 3.63) is 23.8 Å². The van der Waals surface area contributed by atoms with Crippen molar-refractivity contribution in [3.63, 3.8) is 0 Å². The average Bonchev–Trinajstić information content (AvgIpc) is 2.28. The lowest BCUT2D eigenvalue weighted by molar-refractivity contribution is -0.138. The number of hydrogen-bond acceptors (Lipinski definition) is 4. The van der Waals surface area contributed by atoms with Crippen molar-refractivity contribution in [2.75, 3.05) is 14.2 Å². The number of carboxylic acid groups (broad SMARTS) is 1. The predicted molar refractivity (Wildman–Crippen MR) is 58.9 cm³/mol. The number of benzene rings is 1. The Labute approximate surface area is 93.8 Å². The van der Waals surface area contributed by atoms with E-state index in [1.165, 1.54) is 7.11 Å². The van der Waals surface area contributed by atoms with Crippen LogP contribution in [0, 0.1) is 0 Å². The lowest BCUT2D eigenvalue weighted by Gasteiger charge is -2.11. The van der Waals surface area contributed by atoms with Gasteiger partial charge in [-0.3, -0.25) is 4.79 Å². The quantitative estimate of drug-likeness (QED) is 0.769. The molecule has 0 unspecified atom stereocenters. The number of aliphatic carboxylic acids is 1. The molecule has 1 aromatic rings. The number of nitrogens with two attached hydrogens (primary N) is 1. The Kier molecular flexibility index (Phi) is 4.13. The molecule has 0 fully saturated rings. The van der Waals surface area contributed by atoms with Crippen molar-refractivity contribution >= 4 is 5.97 Å². The summed E-state index contributed by atoms with van der Waals surface area (Å²) in [6, 6.07) is 4.31. The van der Waals surface area contributed by atoms with E-state index in [9.17, 15) is 4.79 Å². The maximum Gasteiger partial charge on any atom is 0.320 e. The lowest BCUT2D eigenvalue weighted by Crippen LogP contribution is -2.32. The van der Waals surface area contributed by atoms with Gasteiger partial charge in [0.2, 0.25) is 0 Å². The molecule has 0 saturated heterocycles. The molecular formula is C11H15NO4. The Bertz CT molecular complexity index is 378. The van der Waals surface area contributed by atoms with Crippen LogP contribution >= 0.6 is 0 Å². The van der Waals surface area contributed by atoms with E-state index in [0.717, 1.165) is 5.56 Å². The molecular weight excluding hydrogens is 210 g/mol. The summed E-state index contributed by atoms with van der Waals surface area (Å²) in [4.78, 5) is 10.6. The van der Waals surface area contributed by atoms with Crippen molar-refractivity contribution < 1.29 is 19.4 Å². The zero-order valence-electron chi connectivity index (χ0n) is 9.27. The summed E-state index contributed by atoms with van der Waals surface area (Å²) in [5, 5.41) is 8.69. The number of carboxylic acids is 1. The van der Waals surface area contributed by atoms with Gasteiger partial charge in [-0.05, 0) is 24.1 Å². The molecule has 0 heterocycles. The van der Waals surface area contributed by atoms with Crippen molar-refractivity contribution in [1.29, 1.82) is 0 Å². The van der Waals surface area contributed by atoms with E-state index in [1.54, 1.807) is 25.3 Å². The van der Waals surface area contributed by atoms with Crippen LogP contribution in [0.15, 0.2) is 18.2 Å². The highest BCUT2D eigenvalue weighted by molar-refractivity contribution is 5.73. The smallest absolute Gasteiger partial charge is 0.320 e. The first-order chi connectivity index (χ1) is 7.58. The first kappa shape index (κ1) is 12.3. The Balaban J connectivity index is 2.86.